The molecule has 5 heterocycles. The van der Waals surface area contributed by atoms with Gasteiger partial charge in [0.15, 0.2) is 0 Å². The van der Waals surface area contributed by atoms with E-state index in [9.17, 15) is 9.59 Å². The third-order valence-corrected chi connectivity index (χ3v) is 10.1. The van der Waals surface area contributed by atoms with Crippen LogP contribution in [-0.2, 0) is 20.4 Å². The van der Waals surface area contributed by atoms with Crippen molar-refractivity contribution in [2.24, 2.45) is 0 Å². The van der Waals surface area contributed by atoms with Crippen molar-refractivity contribution in [1.82, 2.24) is 9.80 Å². The van der Waals surface area contributed by atoms with Gasteiger partial charge in [-0.2, -0.15) is 0 Å². The molecular weight excluding hydrogens is 484 g/mol. The van der Waals surface area contributed by atoms with Gasteiger partial charge in [-0.1, -0.05) is 59.7 Å². The van der Waals surface area contributed by atoms with Crippen molar-refractivity contribution in [3.63, 3.8) is 0 Å². The number of fused-ring (bicyclic) bond motifs is 10. The quantitative estimate of drug-likeness (QED) is 0.553. The summed E-state index contributed by atoms with van der Waals surface area (Å²) in [5.41, 5.74) is 6.64. The molecule has 1 N–H and O–H groups in total. The number of hydrogen-bond donors (Lipinski definition) is 1. The number of allylic oxidation sites excluding steroid dienone is 4. The molecule has 0 radical (unpaired) electrons. The molecule has 0 aromatic heterocycles. The number of hydrogen-bond acceptors (Lipinski definition) is 4. The van der Waals surface area contributed by atoms with E-state index in [0.717, 1.165) is 18.5 Å². The molecule has 0 unspecified atom stereocenters. The molecule has 2 amide bonds. The summed E-state index contributed by atoms with van der Waals surface area (Å²) in [6.07, 6.45) is 7.10. The standard InChI is InChI=1S/C33H38N4O2/c1-20(2)14-16-32-18-26-29(39)37-27(28(38)36(26)30(32)34-24-12-8-6-10-22(24)32)19-33(17-15-21(3)4)23-11-7-9-13-25(23)35(5)31(33)37/h6-15,26-27,30-31,34H,16-19H2,1-5H3/t26-,27-,30+,31+,32+,33+/m0/s1. The van der Waals surface area contributed by atoms with E-state index < -0.39 is 12.1 Å². The van der Waals surface area contributed by atoms with Gasteiger partial charge in [-0.25, -0.2) is 0 Å². The Labute approximate surface area is 231 Å². The first-order valence-corrected chi connectivity index (χ1v) is 14.3. The third kappa shape index (κ3) is 3.09. The van der Waals surface area contributed by atoms with Crippen molar-refractivity contribution >= 4 is 23.2 Å². The number of nitrogens with one attached hydrogen (secondary N) is 1. The Bertz CT molecular complexity index is 1450. The molecule has 2 aromatic rings. The first-order valence-electron chi connectivity index (χ1n) is 14.3. The number of rotatable bonds is 4. The Balaban J connectivity index is 1.33. The zero-order valence-electron chi connectivity index (χ0n) is 23.6. The van der Waals surface area contributed by atoms with Gasteiger partial charge in [0.1, 0.15) is 24.4 Å². The van der Waals surface area contributed by atoms with Gasteiger partial charge in [0, 0.05) is 29.3 Å². The van der Waals surface area contributed by atoms with Crippen molar-refractivity contribution < 1.29 is 9.59 Å². The van der Waals surface area contributed by atoms with Gasteiger partial charge in [0.2, 0.25) is 11.8 Å². The van der Waals surface area contributed by atoms with Crippen LogP contribution in [0.2, 0.25) is 0 Å². The SMILES string of the molecule is CC(C)=CC[C@]12C[C@H]3C(=O)N4[C@H]5N(C)c6ccccc6[C@@]5(CC=C(C)C)C[C@H]4C(=O)N3[C@H]1Nc1ccccc12. The highest BCUT2D eigenvalue weighted by atomic mass is 16.2. The Hall–Kier alpha value is -3.54. The molecule has 5 aliphatic heterocycles. The maximum Gasteiger partial charge on any atom is 0.247 e. The Morgan fingerprint density at radius 3 is 2.10 bits per heavy atom. The van der Waals surface area contributed by atoms with E-state index in [1.54, 1.807) is 0 Å². The van der Waals surface area contributed by atoms with Gasteiger partial charge in [0.25, 0.3) is 0 Å². The van der Waals surface area contributed by atoms with Crippen LogP contribution in [-0.4, -0.2) is 53.1 Å². The highest BCUT2D eigenvalue weighted by molar-refractivity contribution is 6.00. The van der Waals surface area contributed by atoms with Gasteiger partial charge in [-0.05, 0) is 76.6 Å². The van der Waals surface area contributed by atoms with E-state index in [1.165, 1.54) is 28.0 Å². The fraction of sp³-hybridized carbons (Fsp3) is 0.455. The summed E-state index contributed by atoms with van der Waals surface area (Å²) in [6, 6.07) is 16.0. The van der Waals surface area contributed by atoms with Crippen LogP contribution < -0.4 is 10.2 Å². The Morgan fingerprint density at radius 1 is 0.821 bits per heavy atom. The molecule has 6 nitrogen and oxygen atoms in total. The Morgan fingerprint density at radius 2 is 1.38 bits per heavy atom. The summed E-state index contributed by atoms with van der Waals surface area (Å²) < 4.78 is 0. The summed E-state index contributed by atoms with van der Waals surface area (Å²) in [4.78, 5) is 35.4. The minimum Gasteiger partial charge on any atom is -0.364 e. The van der Waals surface area contributed by atoms with E-state index in [1.807, 2.05) is 15.9 Å². The van der Waals surface area contributed by atoms with Crippen LogP contribution >= 0.6 is 0 Å². The van der Waals surface area contributed by atoms with Crippen molar-refractivity contribution in [3.8, 4) is 0 Å². The fourth-order valence-corrected chi connectivity index (χ4v) is 8.47. The number of piperazine rings is 1. The maximum absolute atomic E-state index is 14.6. The van der Waals surface area contributed by atoms with Gasteiger partial charge in [0.05, 0.1) is 0 Å². The summed E-state index contributed by atoms with van der Waals surface area (Å²) in [7, 11) is 2.10. The monoisotopic (exact) mass is 522 g/mol. The predicted molar refractivity (Wildman–Crippen MR) is 154 cm³/mol. The summed E-state index contributed by atoms with van der Waals surface area (Å²) in [6.45, 7) is 8.49. The molecule has 2 aromatic carbocycles. The largest absolute Gasteiger partial charge is 0.364 e. The van der Waals surface area contributed by atoms with Crippen LogP contribution in [0.1, 0.15) is 64.5 Å². The number of amides is 2. The second-order valence-corrected chi connectivity index (χ2v) is 12.8. The number of carbonyl (C=O) groups is 2. The smallest absolute Gasteiger partial charge is 0.247 e. The third-order valence-electron chi connectivity index (χ3n) is 10.1. The molecule has 0 spiro atoms. The number of para-hydroxylation sites is 2. The molecule has 0 aliphatic carbocycles. The van der Waals surface area contributed by atoms with Crippen LogP contribution in [0.5, 0.6) is 0 Å². The van der Waals surface area contributed by atoms with Crippen LogP contribution in [0.3, 0.4) is 0 Å². The second-order valence-electron chi connectivity index (χ2n) is 12.8. The zero-order valence-corrected chi connectivity index (χ0v) is 23.6. The molecule has 202 valence electrons. The normalized spacial score (nSPS) is 33.1. The van der Waals surface area contributed by atoms with Crippen LogP contribution in [0.4, 0.5) is 11.4 Å². The lowest BCUT2D eigenvalue weighted by molar-refractivity contribution is -0.160. The minimum absolute atomic E-state index is 0.0980. The molecule has 0 bridgehead atoms. The van der Waals surface area contributed by atoms with Crippen molar-refractivity contribution in [2.75, 3.05) is 17.3 Å². The predicted octanol–water partition coefficient (Wildman–Crippen LogP) is 5.32. The highest BCUT2D eigenvalue weighted by Gasteiger charge is 2.70. The van der Waals surface area contributed by atoms with E-state index in [0.29, 0.717) is 12.8 Å². The van der Waals surface area contributed by atoms with Crippen molar-refractivity contribution in [3.05, 3.63) is 83.0 Å². The van der Waals surface area contributed by atoms with Gasteiger partial charge in [-0.3, -0.25) is 9.59 Å². The minimum atomic E-state index is -0.457. The maximum atomic E-state index is 14.6. The van der Waals surface area contributed by atoms with Gasteiger partial charge < -0.3 is 20.0 Å². The molecular formula is C33H38N4O2. The highest BCUT2D eigenvalue weighted by Crippen LogP contribution is 2.60. The number of carbonyl (C=O) groups excluding carboxylic acids is 2. The number of benzene rings is 2. The lowest BCUT2D eigenvalue weighted by atomic mass is 9.74. The van der Waals surface area contributed by atoms with Crippen LogP contribution in [0.15, 0.2) is 71.8 Å². The molecule has 39 heavy (non-hydrogen) atoms. The zero-order chi connectivity index (χ0) is 27.3. The second kappa shape index (κ2) is 8.23. The lowest BCUT2D eigenvalue weighted by Crippen LogP contribution is -2.66. The molecule has 0 saturated carbocycles. The lowest BCUT2D eigenvalue weighted by Gasteiger charge is -2.45. The van der Waals surface area contributed by atoms with Gasteiger partial charge in [-0.15, -0.1) is 0 Å². The van der Waals surface area contributed by atoms with Crippen LogP contribution in [0, 0.1) is 0 Å². The number of likely N-dealkylation sites (N-methyl/N-ethyl adjacent to an activating group) is 1. The van der Waals surface area contributed by atoms with E-state index >= 15 is 0 Å². The Kier molecular flexibility index (Phi) is 5.17. The fourth-order valence-electron chi connectivity index (χ4n) is 8.47. The summed E-state index contributed by atoms with van der Waals surface area (Å²) >= 11 is 0. The summed E-state index contributed by atoms with van der Waals surface area (Å²) in [5, 5.41) is 3.70. The molecule has 6 heteroatoms. The van der Waals surface area contributed by atoms with Crippen LogP contribution in [0.25, 0.3) is 0 Å². The molecule has 7 rings (SSSR count). The van der Waals surface area contributed by atoms with E-state index in [2.05, 4.69) is 99.6 Å². The van der Waals surface area contributed by atoms with Crippen molar-refractivity contribution in [2.45, 2.75) is 88.6 Å². The number of anilines is 2. The average molecular weight is 523 g/mol. The molecule has 5 aliphatic rings. The van der Waals surface area contributed by atoms with Gasteiger partial charge >= 0.3 is 0 Å². The first kappa shape index (κ1) is 24.5. The summed E-state index contributed by atoms with van der Waals surface area (Å²) in [5.74, 6) is 0.203. The number of nitrogens with zero attached hydrogens (tertiary/aromatic N) is 3. The first-order chi connectivity index (χ1) is 18.7. The van der Waals surface area contributed by atoms with Crippen molar-refractivity contribution in [1.29, 1.82) is 0 Å². The van der Waals surface area contributed by atoms with E-state index in [4.69, 9.17) is 0 Å². The molecule has 6 atom stereocenters. The average Bonchev–Trinajstić information content (AvgIpc) is 3.60. The molecule has 3 saturated heterocycles. The topological polar surface area (TPSA) is 55.9 Å². The molecule has 3 fully saturated rings. The van der Waals surface area contributed by atoms with E-state index in [-0.39, 0.29) is 35.0 Å².